The fourth-order valence-corrected chi connectivity index (χ4v) is 7.93. The standard InChI is InChI=1S/C25H38N4O4S2/c1-19-13-20(2)16-27(15-19)10-6-9-26-24(30)17-29-22-14-21(7-8-23(22)34-18-25(29)31)35(32,33)28-11-4-3-5-12-28/h7-8,14,19-20H,3-6,9-13,15-18H2,1-2H3,(H,26,30)/t19-,20+. The zero-order chi connectivity index (χ0) is 25.0. The van der Waals surface area contributed by atoms with Crippen LogP contribution < -0.4 is 10.2 Å². The number of fused-ring (bicyclic) bond motifs is 1. The molecule has 35 heavy (non-hydrogen) atoms. The first-order valence-corrected chi connectivity index (χ1v) is 15.2. The molecule has 2 atom stereocenters. The van der Waals surface area contributed by atoms with Crippen molar-refractivity contribution in [2.45, 2.75) is 55.7 Å². The SMILES string of the molecule is C[C@@H]1C[C@H](C)CN(CCCNC(=O)CN2C(=O)CSc3ccc(S(=O)(=O)N4CCCCC4)cc32)C1. The second-order valence-corrected chi connectivity index (χ2v) is 13.2. The number of likely N-dealkylation sites (tertiary alicyclic amines) is 1. The van der Waals surface area contributed by atoms with Gasteiger partial charge in [0.1, 0.15) is 6.54 Å². The molecule has 1 N–H and O–H groups in total. The predicted octanol–water partition coefficient (Wildman–Crippen LogP) is 2.78. The van der Waals surface area contributed by atoms with Crippen LogP contribution in [0.1, 0.15) is 46.0 Å². The van der Waals surface area contributed by atoms with Crippen LogP contribution in [0.15, 0.2) is 28.0 Å². The Bertz CT molecular complexity index is 1020. The average Bonchev–Trinajstić information content (AvgIpc) is 2.83. The van der Waals surface area contributed by atoms with Crippen LogP contribution in [-0.2, 0) is 19.6 Å². The summed E-state index contributed by atoms with van der Waals surface area (Å²) >= 11 is 1.38. The lowest BCUT2D eigenvalue weighted by atomic mass is 9.92. The Balaban J connectivity index is 1.36. The van der Waals surface area contributed by atoms with Gasteiger partial charge in [0.2, 0.25) is 21.8 Å². The summed E-state index contributed by atoms with van der Waals surface area (Å²) in [6, 6.07) is 4.94. The maximum atomic E-state index is 13.2. The van der Waals surface area contributed by atoms with E-state index in [1.165, 1.54) is 27.4 Å². The van der Waals surface area contributed by atoms with Gasteiger partial charge < -0.3 is 15.1 Å². The van der Waals surface area contributed by atoms with Crippen LogP contribution in [-0.4, -0.2) is 81.0 Å². The van der Waals surface area contributed by atoms with Crippen molar-refractivity contribution in [3.8, 4) is 0 Å². The number of amides is 2. The summed E-state index contributed by atoms with van der Waals surface area (Å²) in [5, 5.41) is 2.95. The Morgan fingerprint density at radius 2 is 1.83 bits per heavy atom. The highest BCUT2D eigenvalue weighted by molar-refractivity contribution is 8.00. The summed E-state index contributed by atoms with van der Waals surface area (Å²) in [7, 11) is -3.62. The third-order valence-electron chi connectivity index (χ3n) is 7.05. The van der Waals surface area contributed by atoms with E-state index in [-0.39, 0.29) is 29.0 Å². The molecule has 0 radical (unpaired) electrons. The number of anilines is 1. The minimum atomic E-state index is -3.62. The second-order valence-electron chi connectivity index (χ2n) is 10.3. The van der Waals surface area contributed by atoms with E-state index in [1.54, 1.807) is 18.2 Å². The van der Waals surface area contributed by atoms with E-state index in [1.807, 2.05) is 0 Å². The number of benzene rings is 1. The molecule has 1 aromatic rings. The van der Waals surface area contributed by atoms with E-state index in [0.717, 1.165) is 50.2 Å². The average molecular weight is 523 g/mol. The molecule has 3 heterocycles. The largest absolute Gasteiger partial charge is 0.355 e. The lowest BCUT2D eigenvalue weighted by molar-refractivity contribution is -0.123. The van der Waals surface area contributed by atoms with Crippen molar-refractivity contribution < 1.29 is 18.0 Å². The van der Waals surface area contributed by atoms with Gasteiger partial charge >= 0.3 is 0 Å². The number of sulfonamides is 1. The molecule has 0 bridgehead atoms. The first kappa shape index (κ1) is 26.4. The Morgan fingerprint density at radius 1 is 1.11 bits per heavy atom. The van der Waals surface area contributed by atoms with Gasteiger partial charge in [-0.25, -0.2) is 8.42 Å². The number of carbonyl (C=O) groups excluding carboxylic acids is 2. The molecular weight excluding hydrogens is 484 g/mol. The smallest absolute Gasteiger partial charge is 0.243 e. The molecule has 10 heteroatoms. The monoisotopic (exact) mass is 522 g/mol. The number of hydrogen-bond donors (Lipinski definition) is 1. The molecule has 2 amide bonds. The maximum absolute atomic E-state index is 13.2. The molecule has 0 aromatic heterocycles. The molecule has 0 spiro atoms. The van der Waals surface area contributed by atoms with Gasteiger partial charge in [-0.3, -0.25) is 9.59 Å². The van der Waals surface area contributed by atoms with Crippen LogP contribution in [0.5, 0.6) is 0 Å². The van der Waals surface area contributed by atoms with E-state index >= 15 is 0 Å². The lowest BCUT2D eigenvalue weighted by Gasteiger charge is -2.35. The highest BCUT2D eigenvalue weighted by Crippen LogP contribution is 2.37. The van der Waals surface area contributed by atoms with Crippen LogP contribution >= 0.6 is 11.8 Å². The molecule has 0 unspecified atom stereocenters. The number of hydrogen-bond acceptors (Lipinski definition) is 6. The van der Waals surface area contributed by atoms with Crippen molar-refractivity contribution in [3.63, 3.8) is 0 Å². The van der Waals surface area contributed by atoms with E-state index in [9.17, 15) is 18.0 Å². The maximum Gasteiger partial charge on any atom is 0.243 e. The Hall–Kier alpha value is -1.62. The zero-order valence-corrected chi connectivity index (χ0v) is 22.5. The second kappa shape index (κ2) is 11.6. The highest BCUT2D eigenvalue weighted by atomic mass is 32.2. The fraction of sp³-hybridized carbons (Fsp3) is 0.680. The highest BCUT2D eigenvalue weighted by Gasteiger charge is 2.31. The summed E-state index contributed by atoms with van der Waals surface area (Å²) in [6.45, 7) is 9.26. The lowest BCUT2D eigenvalue weighted by Crippen LogP contribution is -2.44. The predicted molar refractivity (Wildman–Crippen MR) is 139 cm³/mol. The quantitative estimate of drug-likeness (QED) is 0.528. The number of nitrogens with zero attached hydrogens (tertiary/aromatic N) is 3. The molecule has 2 saturated heterocycles. The normalized spacial score (nSPS) is 24.3. The van der Waals surface area contributed by atoms with Gasteiger partial charge in [-0.05, 0) is 62.3 Å². The molecule has 1 aromatic carbocycles. The summed E-state index contributed by atoms with van der Waals surface area (Å²) in [4.78, 5) is 30.3. The Kier molecular flexibility index (Phi) is 8.78. The van der Waals surface area contributed by atoms with Crippen molar-refractivity contribution in [2.75, 3.05) is 56.5 Å². The number of thioether (sulfide) groups is 1. The van der Waals surface area contributed by atoms with Gasteiger partial charge in [-0.15, -0.1) is 11.8 Å². The topological polar surface area (TPSA) is 90.0 Å². The molecule has 0 saturated carbocycles. The van der Waals surface area contributed by atoms with Gasteiger partial charge in [-0.2, -0.15) is 4.31 Å². The van der Waals surface area contributed by atoms with Crippen molar-refractivity contribution in [3.05, 3.63) is 18.2 Å². The molecule has 2 fully saturated rings. The van der Waals surface area contributed by atoms with Crippen molar-refractivity contribution >= 4 is 39.3 Å². The summed E-state index contributed by atoms with van der Waals surface area (Å²) in [5.74, 6) is 1.26. The minimum Gasteiger partial charge on any atom is -0.355 e. The molecule has 194 valence electrons. The Labute approximate surface area is 213 Å². The zero-order valence-electron chi connectivity index (χ0n) is 20.9. The first-order valence-electron chi connectivity index (χ1n) is 12.8. The van der Waals surface area contributed by atoms with Gasteiger partial charge in [0, 0.05) is 37.6 Å². The number of carbonyl (C=O) groups is 2. The summed E-state index contributed by atoms with van der Waals surface area (Å²) < 4.78 is 27.8. The minimum absolute atomic E-state index is 0.0998. The van der Waals surface area contributed by atoms with E-state index < -0.39 is 10.0 Å². The first-order chi connectivity index (χ1) is 16.7. The summed E-state index contributed by atoms with van der Waals surface area (Å²) in [5.41, 5.74) is 0.510. The Morgan fingerprint density at radius 3 is 2.54 bits per heavy atom. The van der Waals surface area contributed by atoms with Crippen LogP contribution in [0.2, 0.25) is 0 Å². The molecule has 4 rings (SSSR count). The van der Waals surface area contributed by atoms with Crippen LogP contribution in [0, 0.1) is 11.8 Å². The van der Waals surface area contributed by atoms with Crippen molar-refractivity contribution in [2.24, 2.45) is 11.8 Å². The van der Waals surface area contributed by atoms with E-state index in [2.05, 4.69) is 24.1 Å². The van der Waals surface area contributed by atoms with E-state index in [0.29, 0.717) is 37.2 Å². The third-order valence-corrected chi connectivity index (χ3v) is 9.99. The molecule has 0 aliphatic carbocycles. The molecular formula is C25H38N4O4S2. The van der Waals surface area contributed by atoms with E-state index in [4.69, 9.17) is 0 Å². The third kappa shape index (κ3) is 6.58. The van der Waals surface area contributed by atoms with Crippen LogP contribution in [0.3, 0.4) is 0 Å². The summed E-state index contributed by atoms with van der Waals surface area (Å²) in [6.07, 6.45) is 4.91. The number of piperidine rings is 2. The number of rotatable bonds is 8. The fourth-order valence-electron chi connectivity index (χ4n) is 5.47. The number of nitrogens with one attached hydrogen (secondary N) is 1. The molecule has 3 aliphatic heterocycles. The molecule has 3 aliphatic rings. The van der Waals surface area contributed by atoms with Gasteiger partial charge in [0.05, 0.1) is 16.3 Å². The van der Waals surface area contributed by atoms with Gasteiger partial charge in [0.15, 0.2) is 0 Å². The van der Waals surface area contributed by atoms with Gasteiger partial charge in [-0.1, -0.05) is 20.3 Å². The van der Waals surface area contributed by atoms with Gasteiger partial charge in [0.25, 0.3) is 0 Å². The van der Waals surface area contributed by atoms with Crippen LogP contribution in [0.25, 0.3) is 0 Å². The van der Waals surface area contributed by atoms with Crippen LogP contribution in [0.4, 0.5) is 5.69 Å². The van der Waals surface area contributed by atoms with Crippen molar-refractivity contribution in [1.82, 2.24) is 14.5 Å². The molecule has 8 nitrogen and oxygen atoms in total. The van der Waals surface area contributed by atoms with Crippen molar-refractivity contribution in [1.29, 1.82) is 0 Å².